The first kappa shape index (κ1) is 21.5. The minimum atomic E-state index is 0.311. The summed E-state index contributed by atoms with van der Waals surface area (Å²) >= 11 is 11.3. The van der Waals surface area contributed by atoms with Crippen molar-refractivity contribution in [2.75, 3.05) is 17.6 Å². The molecule has 4 N–H and O–H groups in total. The molecule has 0 aliphatic heterocycles. The normalized spacial score (nSPS) is 11.1. The highest BCUT2D eigenvalue weighted by atomic mass is 35.5. The molecule has 1 aromatic carbocycles. The van der Waals surface area contributed by atoms with Crippen LogP contribution in [0.2, 0.25) is 10.0 Å². The van der Waals surface area contributed by atoms with Crippen molar-refractivity contribution >= 4 is 43.0 Å². The van der Waals surface area contributed by atoms with Gasteiger partial charge in [-0.15, -0.1) is 0 Å². The van der Waals surface area contributed by atoms with Gasteiger partial charge in [-0.05, 0) is 30.4 Å². The maximum atomic E-state index is 10.3. The molecule has 3 nitrogen and oxygen atoms in total. The second-order valence-corrected chi connectivity index (χ2v) is 6.93. The molecule has 0 bridgehead atoms. The SMILES string of the molecule is CCC(CC)(CC)CCCP=O.Nc1cc(Cl)c(N)c(Cl)c1. The summed E-state index contributed by atoms with van der Waals surface area (Å²) in [6.07, 6.45) is 6.97. The highest BCUT2D eigenvalue weighted by Gasteiger charge is 2.22. The Hall–Kier alpha value is -0.500. The predicted octanol–water partition coefficient (Wildman–Crippen LogP) is 6.43. The summed E-state index contributed by atoms with van der Waals surface area (Å²) < 4.78 is 10.3. The maximum Gasteiger partial charge on any atom is 0.155 e. The van der Waals surface area contributed by atoms with E-state index in [2.05, 4.69) is 20.8 Å². The Labute approximate surface area is 145 Å². The molecule has 22 heavy (non-hydrogen) atoms. The third-order valence-corrected chi connectivity index (χ3v) is 5.43. The van der Waals surface area contributed by atoms with Crippen molar-refractivity contribution in [2.24, 2.45) is 5.41 Å². The van der Waals surface area contributed by atoms with E-state index in [0.717, 1.165) is 12.6 Å². The van der Waals surface area contributed by atoms with Crippen molar-refractivity contribution in [2.45, 2.75) is 52.9 Å². The Morgan fingerprint density at radius 2 is 1.50 bits per heavy atom. The Bertz CT molecular complexity index is 434. The van der Waals surface area contributed by atoms with Crippen molar-refractivity contribution < 1.29 is 4.57 Å². The molecule has 0 aliphatic carbocycles. The van der Waals surface area contributed by atoms with Crippen LogP contribution >= 0.6 is 31.7 Å². The van der Waals surface area contributed by atoms with Crippen LogP contribution < -0.4 is 11.5 Å². The minimum absolute atomic E-state index is 0.311. The lowest BCUT2D eigenvalue weighted by Gasteiger charge is -2.30. The van der Waals surface area contributed by atoms with Gasteiger partial charge in [0.15, 0.2) is 8.46 Å². The zero-order chi connectivity index (χ0) is 17.2. The molecule has 0 heterocycles. The molecule has 0 fully saturated rings. The Morgan fingerprint density at radius 3 is 1.86 bits per heavy atom. The molecule has 0 saturated carbocycles. The highest BCUT2D eigenvalue weighted by molar-refractivity contribution is 7.23. The fourth-order valence-electron chi connectivity index (χ4n) is 2.40. The van der Waals surface area contributed by atoms with Gasteiger partial charge in [-0.3, -0.25) is 4.57 Å². The van der Waals surface area contributed by atoms with E-state index in [0.29, 0.717) is 35.3 Å². The van der Waals surface area contributed by atoms with Gasteiger partial charge in [-0.1, -0.05) is 63.2 Å². The molecule has 1 rings (SSSR count). The van der Waals surface area contributed by atoms with Crippen molar-refractivity contribution in [1.82, 2.24) is 0 Å². The topological polar surface area (TPSA) is 69.1 Å². The van der Waals surface area contributed by atoms with Gasteiger partial charge in [0, 0.05) is 11.8 Å². The van der Waals surface area contributed by atoms with E-state index in [1.54, 1.807) is 12.1 Å². The predicted molar refractivity (Wildman–Crippen MR) is 100 cm³/mol. The van der Waals surface area contributed by atoms with Gasteiger partial charge in [-0.25, -0.2) is 0 Å². The molecule has 126 valence electrons. The van der Waals surface area contributed by atoms with Gasteiger partial charge in [0.2, 0.25) is 0 Å². The summed E-state index contributed by atoms with van der Waals surface area (Å²) in [5.41, 5.74) is 12.3. The number of hydrogen-bond acceptors (Lipinski definition) is 3. The first-order chi connectivity index (χ1) is 10.4. The number of hydrogen-bond donors (Lipinski definition) is 2. The smallest absolute Gasteiger partial charge is 0.155 e. The number of benzene rings is 1. The second kappa shape index (κ2) is 11.1. The number of rotatable bonds is 7. The summed E-state index contributed by atoms with van der Waals surface area (Å²) in [5, 5.41) is 0.787. The average molecular weight is 365 g/mol. The molecule has 0 radical (unpaired) electrons. The fourth-order valence-corrected chi connectivity index (χ4v) is 3.19. The van der Waals surface area contributed by atoms with Crippen LogP contribution in [0.3, 0.4) is 0 Å². The molecule has 0 saturated heterocycles. The van der Waals surface area contributed by atoms with Gasteiger partial charge in [0.05, 0.1) is 15.7 Å². The summed E-state index contributed by atoms with van der Waals surface area (Å²) in [7, 11) is 0.311. The molecular weight excluding hydrogens is 338 g/mol. The van der Waals surface area contributed by atoms with Crippen LogP contribution in [-0.2, 0) is 4.57 Å². The van der Waals surface area contributed by atoms with Gasteiger partial charge in [0.1, 0.15) is 0 Å². The van der Waals surface area contributed by atoms with Crippen molar-refractivity contribution in [3.05, 3.63) is 22.2 Å². The fraction of sp³-hybridized carbons (Fsp3) is 0.625. The van der Waals surface area contributed by atoms with E-state index in [4.69, 9.17) is 34.7 Å². The third kappa shape index (κ3) is 7.17. The molecular formula is C16H27Cl2N2OP. The lowest BCUT2D eigenvalue weighted by molar-refractivity contribution is 0.227. The van der Waals surface area contributed by atoms with Crippen molar-refractivity contribution in [1.29, 1.82) is 0 Å². The largest absolute Gasteiger partial charge is 0.399 e. The van der Waals surface area contributed by atoms with Gasteiger partial charge in [-0.2, -0.15) is 0 Å². The van der Waals surface area contributed by atoms with E-state index >= 15 is 0 Å². The average Bonchev–Trinajstić information content (AvgIpc) is 2.50. The number of nitrogen functional groups attached to an aromatic ring is 2. The monoisotopic (exact) mass is 364 g/mol. The first-order valence-electron chi connectivity index (χ1n) is 7.64. The molecule has 0 spiro atoms. The maximum absolute atomic E-state index is 10.3. The van der Waals surface area contributed by atoms with E-state index in [-0.39, 0.29) is 0 Å². The van der Waals surface area contributed by atoms with Crippen molar-refractivity contribution in [3.63, 3.8) is 0 Å². The second-order valence-electron chi connectivity index (χ2n) is 5.42. The van der Waals surface area contributed by atoms with Gasteiger partial charge < -0.3 is 11.5 Å². The third-order valence-electron chi connectivity index (χ3n) is 4.31. The molecule has 0 amide bonds. The van der Waals surface area contributed by atoms with Gasteiger partial charge >= 0.3 is 0 Å². The number of halogens is 2. The molecule has 1 aromatic rings. The summed E-state index contributed by atoms with van der Waals surface area (Å²) in [4.78, 5) is 0. The molecule has 0 atom stereocenters. The molecule has 0 unspecified atom stereocenters. The zero-order valence-corrected chi connectivity index (χ0v) is 16.1. The first-order valence-corrected chi connectivity index (χ1v) is 9.40. The van der Waals surface area contributed by atoms with Crippen LogP contribution in [0.25, 0.3) is 0 Å². The Morgan fingerprint density at radius 1 is 1.05 bits per heavy atom. The van der Waals surface area contributed by atoms with Gasteiger partial charge in [0.25, 0.3) is 0 Å². The zero-order valence-electron chi connectivity index (χ0n) is 13.7. The lowest BCUT2D eigenvalue weighted by atomic mass is 9.76. The Balaban J connectivity index is 0.000000406. The van der Waals surface area contributed by atoms with E-state index < -0.39 is 0 Å². The highest BCUT2D eigenvalue weighted by Crippen LogP contribution is 2.35. The summed E-state index contributed by atoms with van der Waals surface area (Å²) in [5.74, 6) is 0. The standard InChI is InChI=1S/C10H21OP.C6H6Cl2N2/c1-4-10(5-2,6-3)8-7-9-12-11;7-4-1-3(9)2-5(8)6(4)10/h4-9H2,1-3H3;1-2H,9-10H2. The molecule has 0 aliphatic rings. The number of anilines is 2. The molecule has 6 heteroatoms. The summed E-state index contributed by atoms with van der Waals surface area (Å²) in [6, 6.07) is 3.12. The van der Waals surface area contributed by atoms with E-state index in [1.165, 1.54) is 25.7 Å². The quantitative estimate of drug-likeness (QED) is 0.332. The van der Waals surface area contributed by atoms with Crippen LogP contribution in [0.4, 0.5) is 11.4 Å². The minimum Gasteiger partial charge on any atom is -0.399 e. The summed E-state index contributed by atoms with van der Waals surface area (Å²) in [6.45, 7) is 6.80. The van der Waals surface area contributed by atoms with Crippen molar-refractivity contribution in [3.8, 4) is 0 Å². The molecule has 0 aromatic heterocycles. The lowest BCUT2D eigenvalue weighted by Crippen LogP contribution is -2.17. The van der Waals surface area contributed by atoms with Crippen LogP contribution in [0, 0.1) is 5.41 Å². The van der Waals surface area contributed by atoms with E-state index in [1.807, 2.05) is 0 Å². The Kier molecular flexibility index (Phi) is 10.8. The van der Waals surface area contributed by atoms with E-state index in [9.17, 15) is 4.57 Å². The van der Waals surface area contributed by atoms with Crippen LogP contribution in [0.1, 0.15) is 52.9 Å². The number of nitrogens with two attached hydrogens (primary N) is 2. The van der Waals surface area contributed by atoms with Crippen LogP contribution in [0.15, 0.2) is 12.1 Å². The van der Waals surface area contributed by atoms with Crippen LogP contribution in [-0.4, -0.2) is 6.16 Å². The van der Waals surface area contributed by atoms with Crippen LogP contribution in [0.5, 0.6) is 0 Å².